The number of aliphatic hydroxyl groups is 1. The number of rotatable bonds is 10. The van der Waals surface area contributed by atoms with Crippen molar-refractivity contribution in [1.29, 1.82) is 0 Å². The number of nitrogens with two attached hydrogens (primary N) is 1. The van der Waals surface area contributed by atoms with Crippen LogP contribution in [0.15, 0.2) is 12.3 Å². The molecule has 1 saturated heterocycles. The highest BCUT2D eigenvalue weighted by Crippen LogP contribution is 2.40. The number of carbonyl (C=O) groups excluding carboxylic acids is 1. The van der Waals surface area contributed by atoms with Gasteiger partial charge >= 0.3 is 6.16 Å². The zero-order chi connectivity index (χ0) is 23.1. The van der Waals surface area contributed by atoms with E-state index in [1.54, 1.807) is 16.8 Å². The molecule has 0 unspecified atom stereocenters. The van der Waals surface area contributed by atoms with E-state index in [2.05, 4.69) is 22.8 Å². The molecule has 0 spiro atoms. The lowest BCUT2D eigenvalue weighted by molar-refractivity contribution is -0.0975. The van der Waals surface area contributed by atoms with Gasteiger partial charge in [0.1, 0.15) is 17.7 Å². The lowest BCUT2D eigenvalue weighted by atomic mass is 9.99. The highest BCUT2D eigenvalue weighted by molar-refractivity contribution is 6.28. The van der Waals surface area contributed by atoms with Crippen molar-refractivity contribution in [3.63, 3.8) is 0 Å². The molecule has 0 radical (unpaired) electrons. The van der Waals surface area contributed by atoms with Gasteiger partial charge in [0.15, 0.2) is 11.7 Å². The van der Waals surface area contributed by atoms with E-state index in [1.165, 1.54) is 19.3 Å². The Morgan fingerprint density at radius 3 is 2.88 bits per heavy atom. The molecule has 0 aliphatic carbocycles. The number of unbranched alkanes of at least 4 members (excludes halogenated alkanes) is 5. The SMILES string of the molecule is C#C[C@]1(CO)O[C@@H](n2ccc3c(N)nc(Cl)nc32)C[C@@H]1OC(=O)OCCCCCCCC. The van der Waals surface area contributed by atoms with Crippen molar-refractivity contribution >= 4 is 34.6 Å². The molecule has 0 bridgehead atoms. The second kappa shape index (κ2) is 10.9. The second-order valence-corrected chi connectivity index (χ2v) is 8.15. The van der Waals surface area contributed by atoms with Crippen LogP contribution in [-0.2, 0) is 14.2 Å². The van der Waals surface area contributed by atoms with E-state index in [4.69, 9.17) is 38.0 Å². The van der Waals surface area contributed by atoms with Crippen LogP contribution in [0.1, 0.15) is 58.1 Å². The Kier molecular flexibility index (Phi) is 8.18. The van der Waals surface area contributed by atoms with Crippen LogP contribution >= 0.6 is 11.6 Å². The van der Waals surface area contributed by atoms with Gasteiger partial charge in [0.2, 0.25) is 5.28 Å². The van der Waals surface area contributed by atoms with Crippen molar-refractivity contribution in [3.8, 4) is 12.3 Å². The highest BCUT2D eigenvalue weighted by atomic mass is 35.5. The van der Waals surface area contributed by atoms with E-state index in [9.17, 15) is 9.90 Å². The fourth-order valence-corrected chi connectivity index (χ4v) is 3.99. The average Bonchev–Trinajstić information content (AvgIpc) is 3.35. The number of fused-ring (bicyclic) bond motifs is 1. The van der Waals surface area contributed by atoms with Gasteiger partial charge in [-0.05, 0) is 24.1 Å². The Morgan fingerprint density at radius 2 is 2.16 bits per heavy atom. The number of carbonyl (C=O) groups is 1. The Balaban J connectivity index is 1.64. The third-order valence-corrected chi connectivity index (χ3v) is 5.77. The number of anilines is 1. The van der Waals surface area contributed by atoms with Crippen LogP contribution in [0.3, 0.4) is 0 Å². The minimum atomic E-state index is -1.51. The molecule has 2 aromatic rings. The molecule has 32 heavy (non-hydrogen) atoms. The lowest BCUT2D eigenvalue weighted by Crippen LogP contribution is -2.44. The van der Waals surface area contributed by atoms with E-state index in [0.717, 1.165) is 19.3 Å². The van der Waals surface area contributed by atoms with Gasteiger partial charge in [0.05, 0.1) is 18.6 Å². The van der Waals surface area contributed by atoms with Crippen LogP contribution in [-0.4, -0.2) is 50.7 Å². The van der Waals surface area contributed by atoms with Crippen LogP contribution in [0.4, 0.5) is 10.6 Å². The third-order valence-electron chi connectivity index (χ3n) is 5.60. The number of nitrogens with zero attached hydrogens (tertiary/aromatic N) is 3. The van der Waals surface area contributed by atoms with E-state index in [-0.39, 0.29) is 24.1 Å². The number of halogens is 1. The maximum atomic E-state index is 12.2. The average molecular weight is 465 g/mol. The molecule has 3 heterocycles. The Labute approximate surface area is 192 Å². The Morgan fingerprint density at radius 1 is 1.41 bits per heavy atom. The van der Waals surface area contributed by atoms with Crippen molar-refractivity contribution in [3.05, 3.63) is 17.5 Å². The van der Waals surface area contributed by atoms with Crippen molar-refractivity contribution in [1.82, 2.24) is 14.5 Å². The standard InChI is InChI=1S/C22H29ClN4O5/c1-3-5-6-7-8-9-12-30-21(29)31-16-13-17(32-22(16,4-2)14-28)27-11-10-15-18(24)25-20(23)26-19(15)27/h2,10-11,16-17,28H,3,5-9,12-14H2,1H3,(H2,24,25,26)/t16-,17+,22+/m0/s1. The van der Waals surface area contributed by atoms with E-state index in [1.807, 2.05) is 0 Å². The number of terminal acetylenes is 1. The first-order valence-electron chi connectivity index (χ1n) is 10.8. The van der Waals surface area contributed by atoms with E-state index < -0.39 is 30.7 Å². The summed E-state index contributed by atoms with van der Waals surface area (Å²) >= 11 is 5.95. The monoisotopic (exact) mass is 464 g/mol. The molecular formula is C22H29ClN4O5. The number of ether oxygens (including phenoxy) is 3. The van der Waals surface area contributed by atoms with Crippen LogP contribution in [0.2, 0.25) is 5.28 Å². The molecule has 1 aliphatic heterocycles. The Bertz CT molecular complexity index is 975. The summed E-state index contributed by atoms with van der Waals surface area (Å²) in [6, 6.07) is 1.73. The summed E-state index contributed by atoms with van der Waals surface area (Å²) < 4.78 is 18.3. The number of aliphatic hydroxyl groups excluding tert-OH is 1. The van der Waals surface area contributed by atoms with E-state index >= 15 is 0 Å². The highest BCUT2D eigenvalue weighted by Gasteiger charge is 2.51. The molecule has 0 amide bonds. The van der Waals surface area contributed by atoms with Crippen LogP contribution in [0, 0.1) is 12.3 Å². The molecule has 9 nitrogen and oxygen atoms in total. The third kappa shape index (κ3) is 5.26. The fraction of sp³-hybridized carbons (Fsp3) is 0.591. The summed E-state index contributed by atoms with van der Waals surface area (Å²) in [6.45, 7) is 1.89. The fourth-order valence-electron chi connectivity index (χ4n) is 3.82. The van der Waals surface area contributed by atoms with Crippen LogP contribution in [0.25, 0.3) is 11.0 Å². The minimum Gasteiger partial charge on any atom is -0.434 e. The molecular weight excluding hydrogens is 436 g/mol. The normalized spacial score (nSPS) is 22.7. The van der Waals surface area contributed by atoms with Crippen molar-refractivity contribution in [2.24, 2.45) is 0 Å². The zero-order valence-electron chi connectivity index (χ0n) is 18.1. The van der Waals surface area contributed by atoms with Crippen molar-refractivity contribution < 1.29 is 24.1 Å². The maximum absolute atomic E-state index is 12.2. The summed E-state index contributed by atoms with van der Waals surface area (Å²) in [6.07, 6.45) is 11.6. The Hall–Kier alpha value is -2.54. The molecule has 10 heteroatoms. The summed E-state index contributed by atoms with van der Waals surface area (Å²) in [5.41, 5.74) is 4.85. The second-order valence-electron chi connectivity index (χ2n) is 7.81. The molecule has 1 fully saturated rings. The molecule has 3 N–H and O–H groups in total. The number of nitrogen functional groups attached to an aromatic ring is 1. The molecule has 1 aliphatic rings. The molecule has 174 valence electrons. The largest absolute Gasteiger partial charge is 0.508 e. The van der Waals surface area contributed by atoms with Gasteiger partial charge in [-0.15, -0.1) is 6.42 Å². The first-order valence-corrected chi connectivity index (χ1v) is 11.2. The van der Waals surface area contributed by atoms with Gasteiger partial charge in [-0.3, -0.25) is 0 Å². The molecule has 0 aromatic carbocycles. The van der Waals surface area contributed by atoms with Gasteiger partial charge < -0.3 is 29.6 Å². The number of hydrogen-bond acceptors (Lipinski definition) is 8. The molecule has 0 saturated carbocycles. The number of aromatic nitrogens is 3. The van der Waals surface area contributed by atoms with Gasteiger partial charge in [-0.2, -0.15) is 4.98 Å². The summed E-state index contributed by atoms with van der Waals surface area (Å²) in [7, 11) is 0. The van der Waals surface area contributed by atoms with Crippen LogP contribution in [0.5, 0.6) is 0 Å². The number of hydrogen-bond donors (Lipinski definition) is 2. The lowest BCUT2D eigenvalue weighted by Gasteiger charge is -2.26. The first kappa shape index (κ1) is 24.1. The minimum absolute atomic E-state index is 0.00982. The first-order chi connectivity index (χ1) is 15.4. The van der Waals surface area contributed by atoms with Gasteiger partial charge in [0.25, 0.3) is 0 Å². The predicted octanol–water partition coefficient (Wildman–Crippen LogP) is 3.83. The van der Waals surface area contributed by atoms with E-state index in [0.29, 0.717) is 11.0 Å². The summed E-state index contributed by atoms with van der Waals surface area (Å²) in [4.78, 5) is 20.4. The van der Waals surface area contributed by atoms with Crippen molar-refractivity contribution in [2.75, 3.05) is 18.9 Å². The zero-order valence-corrected chi connectivity index (χ0v) is 18.9. The molecule has 3 atom stereocenters. The molecule has 3 rings (SSSR count). The summed E-state index contributed by atoms with van der Waals surface area (Å²) in [5.74, 6) is 2.67. The topological polar surface area (TPSA) is 122 Å². The molecule has 2 aromatic heterocycles. The van der Waals surface area contributed by atoms with Gasteiger partial charge in [-0.1, -0.05) is 44.9 Å². The van der Waals surface area contributed by atoms with Gasteiger partial charge in [0, 0.05) is 12.6 Å². The van der Waals surface area contributed by atoms with Crippen LogP contribution < -0.4 is 5.73 Å². The predicted molar refractivity (Wildman–Crippen MR) is 120 cm³/mol. The smallest absolute Gasteiger partial charge is 0.434 e. The van der Waals surface area contributed by atoms with Crippen molar-refractivity contribution in [2.45, 2.75) is 69.8 Å². The quantitative estimate of drug-likeness (QED) is 0.235. The summed E-state index contributed by atoms with van der Waals surface area (Å²) in [5, 5.41) is 10.5. The van der Waals surface area contributed by atoms with Gasteiger partial charge in [-0.25, -0.2) is 9.78 Å². The maximum Gasteiger partial charge on any atom is 0.508 e.